The number of hydrogen-bond acceptors (Lipinski definition) is 4. The fraction of sp³-hybridized carbons (Fsp3) is 0.500. The number of ether oxygens (including phenoxy) is 1. The first-order valence-corrected chi connectivity index (χ1v) is 6.56. The molecule has 0 aromatic carbocycles. The van der Waals surface area contributed by atoms with Crippen LogP contribution in [0.15, 0.2) is 24.4 Å². The van der Waals surface area contributed by atoms with Crippen LogP contribution in [0.2, 0.25) is 0 Å². The normalized spacial score (nSPS) is 16.2. The van der Waals surface area contributed by atoms with Gasteiger partial charge in [0.25, 0.3) is 0 Å². The molecule has 2 rings (SSSR count). The molecule has 1 aromatic rings. The molecule has 0 bridgehead atoms. The standard InChI is InChI=1S/C14H19N3O3/c1-14(2,3)20-13(19)16-8-9-17(12(18)10-16)11-6-4-5-7-15-11/h4-7H,8-10H2,1-3H3. The van der Waals surface area contributed by atoms with E-state index < -0.39 is 11.7 Å². The second-order valence-corrected chi connectivity index (χ2v) is 5.64. The quantitative estimate of drug-likeness (QED) is 0.783. The van der Waals surface area contributed by atoms with E-state index in [0.717, 1.165) is 0 Å². The molecule has 108 valence electrons. The van der Waals surface area contributed by atoms with Crippen molar-refractivity contribution in [2.45, 2.75) is 26.4 Å². The summed E-state index contributed by atoms with van der Waals surface area (Å²) in [5, 5.41) is 0. The fourth-order valence-corrected chi connectivity index (χ4v) is 1.91. The topological polar surface area (TPSA) is 62.7 Å². The van der Waals surface area contributed by atoms with Crippen LogP contribution in [0.3, 0.4) is 0 Å². The van der Waals surface area contributed by atoms with Gasteiger partial charge in [-0.2, -0.15) is 0 Å². The molecule has 0 aliphatic carbocycles. The minimum Gasteiger partial charge on any atom is -0.444 e. The zero-order valence-corrected chi connectivity index (χ0v) is 12.0. The van der Waals surface area contributed by atoms with Gasteiger partial charge in [-0.1, -0.05) is 6.07 Å². The maximum Gasteiger partial charge on any atom is 0.410 e. The number of nitrogens with zero attached hydrogens (tertiary/aromatic N) is 3. The van der Waals surface area contributed by atoms with Gasteiger partial charge in [-0.25, -0.2) is 9.78 Å². The molecule has 1 saturated heterocycles. The Balaban J connectivity index is 1.99. The lowest BCUT2D eigenvalue weighted by Crippen LogP contribution is -2.53. The number of amides is 2. The van der Waals surface area contributed by atoms with Gasteiger partial charge in [0.1, 0.15) is 18.0 Å². The van der Waals surface area contributed by atoms with Crippen molar-refractivity contribution < 1.29 is 14.3 Å². The van der Waals surface area contributed by atoms with Gasteiger partial charge in [0.15, 0.2) is 0 Å². The van der Waals surface area contributed by atoms with Gasteiger partial charge >= 0.3 is 6.09 Å². The third-order valence-corrected chi connectivity index (χ3v) is 2.80. The van der Waals surface area contributed by atoms with E-state index in [4.69, 9.17) is 4.74 Å². The number of piperazine rings is 1. The van der Waals surface area contributed by atoms with Crippen LogP contribution in [-0.4, -0.2) is 47.1 Å². The minimum absolute atomic E-state index is 0.0193. The Morgan fingerprint density at radius 2 is 2.05 bits per heavy atom. The van der Waals surface area contributed by atoms with Gasteiger partial charge in [-0.15, -0.1) is 0 Å². The van der Waals surface area contributed by atoms with Crippen molar-refractivity contribution in [2.24, 2.45) is 0 Å². The molecule has 1 aromatic heterocycles. The second-order valence-electron chi connectivity index (χ2n) is 5.64. The minimum atomic E-state index is -0.557. The number of hydrogen-bond donors (Lipinski definition) is 0. The molecule has 2 amide bonds. The average molecular weight is 277 g/mol. The van der Waals surface area contributed by atoms with Gasteiger partial charge in [0.2, 0.25) is 5.91 Å². The number of carbonyl (C=O) groups excluding carboxylic acids is 2. The molecule has 20 heavy (non-hydrogen) atoms. The number of pyridine rings is 1. The Labute approximate surface area is 118 Å². The zero-order valence-electron chi connectivity index (χ0n) is 12.0. The van der Waals surface area contributed by atoms with Crippen molar-refractivity contribution in [3.05, 3.63) is 24.4 Å². The molecule has 6 heteroatoms. The van der Waals surface area contributed by atoms with Gasteiger partial charge in [-0.05, 0) is 32.9 Å². The lowest BCUT2D eigenvalue weighted by Gasteiger charge is -2.34. The van der Waals surface area contributed by atoms with E-state index in [9.17, 15) is 9.59 Å². The predicted molar refractivity (Wildman–Crippen MR) is 74.4 cm³/mol. The van der Waals surface area contributed by atoms with Crippen LogP contribution < -0.4 is 4.90 Å². The van der Waals surface area contributed by atoms with E-state index in [1.54, 1.807) is 44.0 Å². The number of aromatic nitrogens is 1. The van der Waals surface area contributed by atoms with Crippen LogP contribution in [0, 0.1) is 0 Å². The van der Waals surface area contributed by atoms with Crippen molar-refractivity contribution in [3.63, 3.8) is 0 Å². The van der Waals surface area contributed by atoms with Gasteiger partial charge in [0.05, 0.1) is 0 Å². The Kier molecular flexibility index (Phi) is 3.92. The number of rotatable bonds is 1. The molecule has 1 fully saturated rings. The van der Waals surface area contributed by atoms with Gasteiger partial charge in [0, 0.05) is 19.3 Å². The summed E-state index contributed by atoms with van der Waals surface area (Å²) in [6.45, 7) is 6.29. The Bertz CT molecular complexity index is 496. The SMILES string of the molecule is CC(C)(C)OC(=O)N1CCN(c2ccccn2)C(=O)C1. The highest BCUT2D eigenvalue weighted by molar-refractivity contribution is 5.96. The smallest absolute Gasteiger partial charge is 0.410 e. The summed E-state index contributed by atoms with van der Waals surface area (Å²) in [6, 6.07) is 5.40. The fourth-order valence-electron chi connectivity index (χ4n) is 1.91. The van der Waals surface area contributed by atoms with Crippen molar-refractivity contribution in [3.8, 4) is 0 Å². The van der Waals surface area contributed by atoms with Crippen LogP contribution in [0.25, 0.3) is 0 Å². The summed E-state index contributed by atoms with van der Waals surface area (Å²) in [5.41, 5.74) is -0.557. The summed E-state index contributed by atoms with van der Waals surface area (Å²) in [5.74, 6) is 0.460. The summed E-state index contributed by atoms with van der Waals surface area (Å²) in [6.07, 6.45) is 1.19. The van der Waals surface area contributed by atoms with E-state index in [1.807, 2.05) is 6.07 Å². The average Bonchev–Trinajstić information content (AvgIpc) is 2.37. The van der Waals surface area contributed by atoms with Crippen molar-refractivity contribution in [1.29, 1.82) is 0 Å². The predicted octanol–water partition coefficient (Wildman–Crippen LogP) is 1.67. The Morgan fingerprint density at radius 1 is 1.30 bits per heavy atom. The number of carbonyl (C=O) groups is 2. The monoisotopic (exact) mass is 277 g/mol. The molecule has 1 aliphatic rings. The summed E-state index contributed by atoms with van der Waals surface area (Å²) in [4.78, 5) is 31.2. The van der Waals surface area contributed by atoms with E-state index in [1.165, 1.54) is 4.90 Å². The first-order chi connectivity index (χ1) is 9.37. The molecule has 6 nitrogen and oxygen atoms in total. The van der Waals surface area contributed by atoms with Crippen LogP contribution in [-0.2, 0) is 9.53 Å². The van der Waals surface area contributed by atoms with Crippen LogP contribution in [0.4, 0.5) is 10.6 Å². The lowest BCUT2D eigenvalue weighted by molar-refractivity contribution is -0.121. The zero-order chi connectivity index (χ0) is 14.8. The highest BCUT2D eigenvalue weighted by Crippen LogP contribution is 2.16. The molecule has 0 unspecified atom stereocenters. The van der Waals surface area contributed by atoms with E-state index in [-0.39, 0.29) is 12.5 Å². The third kappa shape index (κ3) is 3.46. The van der Waals surface area contributed by atoms with Crippen LogP contribution >= 0.6 is 0 Å². The van der Waals surface area contributed by atoms with Crippen molar-refractivity contribution in [1.82, 2.24) is 9.88 Å². The molecule has 0 radical (unpaired) electrons. The van der Waals surface area contributed by atoms with Crippen LogP contribution in [0.5, 0.6) is 0 Å². The maximum atomic E-state index is 12.1. The maximum absolute atomic E-state index is 12.1. The molecule has 0 N–H and O–H groups in total. The second kappa shape index (κ2) is 5.48. The Morgan fingerprint density at radius 3 is 2.60 bits per heavy atom. The molecule has 0 saturated carbocycles. The van der Waals surface area contributed by atoms with E-state index >= 15 is 0 Å². The Hall–Kier alpha value is -2.11. The highest BCUT2D eigenvalue weighted by Gasteiger charge is 2.31. The number of anilines is 1. The summed E-state index contributed by atoms with van der Waals surface area (Å²) < 4.78 is 5.27. The highest BCUT2D eigenvalue weighted by atomic mass is 16.6. The largest absolute Gasteiger partial charge is 0.444 e. The lowest BCUT2D eigenvalue weighted by atomic mass is 10.2. The van der Waals surface area contributed by atoms with Gasteiger partial charge in [-0.3, -0.25) is 14.6 Å². The van der Waals surface area contributed by atoms with Crippen LogP contribution in [0.1, 0.15) is 20.8 Å². The molecular weight excluding hydrogens is 258 g/mol. The molecule has 2 heterocycles. The van der Waals surface area contributed by atoms with E-state index in [2.05, 4.69) is 4.98 Å². The summed E-state index contributed by atoms with van der Waals surface area (Å²) >= 11 is 0. The van der Waals surface area contributed by atoms with E-state index in [0.29, 0.717) is 18.9 Å². The molecule has 0 spiro atoms. The summed E-state index contributed by atoms with van der Waals surface area (Å²) in [7, 11) is 0. The third-order valence-electron chi connectivity index (χ3n) is 2.80. The van der Waals surface area contributed by atoms with Gasteiger partial charge < -0.3 is 4.74 Å². The first-order valence-electron chi connectivity index (χ1n) is 6.56. The molecular formula is C14H19N3O3. The van der Waals surface area contributed by atoms with Crippen molar-refractivity contribution >= 4 is 17.8 Å². The van der Waals surface area contributed by atoms with Crippen molar-refractivity contribution in [2.75, 3.05) is 24.5 Å². The first kappa shape index (κ1) is 14.3. The molecule has 0 atom stereocenters. The molecule has 1 aliphatic heterocycles.